The van der Waals surface area contributed by atoms with Crippen molar-refractivity contribution in [2.45, 2.75) is 20.1 Å². The fourth-order valence-corrected chi connectivity index (χ4v) is 1.88. The lowest BCUT2D eigenvalue weighted by molar-refractivity contribution is 0.265. The Balaban J connectivity index is 1.95. The van der Waals surface area contributed by atoms with Crippen molar-refractivity contribution in [1.29, 1.82) is 0 Å². The number of hydrogen-bond donors (Lipinski definition) is 1. The van der Waals surface area contributed by atoms with Crippen LogP contribution in [0.3, 0.4) is 0 Å². The first kappa shape index (κ1) is 13.2. The van der Waals surface area contributed by atoms with Crippen LogP contribution in [0.2, 0.25) is 0 Å². The van der Waals surface area contributed by atoms with Gasteiger partial charge in [0.05, 0.1) is 6.54 Å². The zero-order valence-electron chi connectivity index (χ0n) is 10.5. The van der Waals surface area contributed by atoms with Crippen LogP contribution in [0.5, 0.6) is 5.75 Å². The summed E-state index contributed by atoms with van der Waals surface area (Å²) in [6.07, 6.45) is 0. The van der Waals surface area contributed by atoms with E-state index in [-0.39, 0.29) is 0 Å². The maximum Gasteiger partial charge on any atom is 0.146 e. The highest BCUT2D eigenvalue weighted by atomic mass is 79.9. The molecule has 4 heteroatoms. The van der Waals surface area contributed by atoms with Gasteiger partial charge in [-0.25, -0.2) is 0 Å². The third kappa shape index (κ3) is 3.37. The molecule has 3 nitrogen and oxygen atoms in total. The summed E-state index contributed by atoms with van der Waals surface area (Å²) in [6.45, 7) is 3.22. The largest absolute Gasteiger partial charge is 0.486 e. The highest BCUT2D eigenvalue weighted by Crippen LogP contribution is 2.22. The zero-order chi connectivity index (χ0) is 13.0. The topological polar surface area (TPSA) is 34.4 Å². The first-order valence-electron chi connectivity index (χ1n) is 5.80. The SMILES string of the molecule is CNCc1ccc(COc2ccc(Br)c(C)c2)o1. The van der Waals surface area contributed by atoms with Crippen molar-refractivity contribution in [3.05, 3.63) is 51.9 Å². The number of ether oxygens (including phenoxy) is 1. The van der Waals surface area contributed by atoms with E-state index in [0.717, 1.165) is 33.9 Å². The molecule has 0 spiro atoms. The second-order valence-corrected chi connectivity index (χ2v) is 4.95. The van der Waals surface area contributed by atoms with Crippen LogP contribution in [0.4, 0.5) is 0 Å². The monoisotopic (exact) mass is 309 g/mol. The van der Waals surface area contributed by atoms with Crippen LogP contribution < -0.4 is 10.1 Å². The van der Waals surface area contributed by atoms with Crippen molar-refractivity contribution in [3.63, 3.8) is 0 Å². The molecule has 0 saturated heterocycles. The maximum atomic E-state index is 5.68. The second-order valence-electron chi connectivity index (χ2n) is 4.10. The molecule has 96 valence electrons. The average molecular weight is 310 g/mol. The quantitative estimate of drug-likeness (QED) is 0.915. The van der Waals surface area contributed by atoms with Gasteiger partial charge in [0, 0.05) is 4.47 Å². The first-order chi connectivity index (χ1) is 8.69. The van der Waals surface area contributed by atoms with Crippen LogP contribution in [-0.4, -0.2) is 7.05 Å². The number of aryl methyl sites for hydroxylation is 1. The predicted octanol–water partition coefficient (Wildman–Crippen LogP) is 3.65. The summed E-state index contributed by atoms with van der Waals surface area (Å²) in [4.78, 5) is 0. The van der Waals surface area contributed by atoms with Gasteiger partial charge in [-0.3, -0.25) is 0 Å². The molecule has 0 atom stereocenters. The number of nitrogens with one attached hydrogen (secondary N) is 1. The van der Waals surface area contributed by atoms with E-state index < -0.39 is 0 Å². The Morgan fingerprint density at radius 2 is 2.00 bits per heavy atom. The summed E-state index contributed by atoms with van der Waals surface area (Å²) in [5.41, 5.74) is 1.16. The van der Waals surface area contributed by atoms with E-state index in [4.69, 9.17) is 9.15 Å². The van der Waals surface area contributed by atoms with Crippen molar-refractivity contribution < 1.29 is 9.15 Å². The van der Waals surface area contributed by atoms with E-state index in [9.17, 15) is 0 Å². The second kappa shape index (κ2) is 6.07. The molecule has 1 heterocycles. The van der Waals surface area contributed by atoms with Crippen LogP contribution in [-0.2, 0) is 13.2 Å². The number of halogens is 1. The smallest absolute Gasteiger partial charge is 0.146 e. The van der Waals surface area contributed by atoms with Gasteiger partial charge >= 0.3 is 0 Å². The van der Waals surface area contributed by atoms with Crippen LogP contribution in [0.1, 0.15) is 17.1 Å². The molecule has 1 aromatic carbocycles. The van der Waals surface area contributed by atoms with Gasteiger partial charge in [0.15, 0.2) is 0 Å². The number of rotatable bonds is 5. The fraction of sp³-hybridized carbons (Fsp3) is 0.286. The Morgan fingerprint density at radius 1 is 1.22 bits per heavy atom. The van der Waals surface area contributed by atoms with Crippen LogP contribution in [0, 0.1) is 6.92 Å². The van der Waals surface area contributed by atoms with Crippen molar-refractivity contribution in [2.75, 3.05) is 7.05 Å². The molecule has 2 rings (SSSR count). The highest BCUT2D eigenvalue weighted by molar-refractivity contribution is 9.10. The third-order valence-corrected chi connectivity index (χ3v) is 3.47. The van der Waals surface area contributed by atoms with E-state index >= 15 is 0 Å². The lowest BCUT2D eigenvalue weighted by Gasteiger charge is -2.06. The van der Waals surface area contributed by atoms with Crippen molar-refractivity contribution in [1.82, 2.24) is 5.32 Å². The Kier molecular flexibility index (Phi) is 4.44. The standard InChI is InChI=1S/C14H16BrNO2/c1-10-7-11(5-6-14(10)15)17-9-13-4-3-12(18-13)8-16-2/h3-7,16H,8-9H2,1-2H3. The van der Waals surface area contributed by atoms with Gasteiger partial charge < -0.3 is 14.5 Å². The summed E-state index contributed by atoms with van der Waals surface area (Å²) in [6, 6.07) is 9.83. The highest BCUT2D eigenvalue weighted by Gasteiger charge is 2.03. The van der Waals surface area contributed by atoms with Crippen LogP contribution >= 0.6 is 15.9 Å². The molecular formula is C14H16BrNO2. The number of benzene rings is 1. The summed E-state index contributed by atoms with van der Waals surface area (Å²) in [5.74, 6) is 2.60. The zero-order valence-corrected chi connectivity index (χ0v) is 12.1. The molecule has 18 heavy (non-hydrogen) atoms. The first-order valence-corrected chi connectivity index (χ1v) is 6.59. The molecule has 2 aromatic rings. The third-order valence-electron chi connectivity index (χ3n) is 2.58. The van der Waals surface area contributed by atoms with Gasteiger partial charge in [0.1, 0.15) is 23.9 Å². The lowest BCUT2D eigenvalue weighted by atomic mass is 10.2. The minimum atomic E-state index is 0.449. The molecule has 0 aliphatic rings. The molecular weight excluding hydrogens is 294 g/mol. The van der Waals surface area contributed by atoms with Gasteiger partial charge in [-0.2, -0.15) is 0 Å². The number of furan rings is 1. The van der Waals surface area contributed by atoms with E-state index in [0.29, 0.717) is 6.61 Å². The van der Waals surface area contributed by atoms with E-state index in [1.54, 1.807) is 0 Å². The fourth-order valence-electron chi connectivity index (χ4n) is 1.63. The Hall–Kier alpha value is -1.26. The molecule has 0 amide bonds. The Morgan fingerprint density at radius 3 is 2.72 bits per heavy atom. The number of hydrogen-bond acceptors (Lipinski definition) is 3. The molecule has 0 unspecified atom stereocenters. The molecule has 1 N–H and O–H groups in total. The van der Waals surface area contributed by atoms with Crippen molar-refractivity contribution in [3.8, 4) is 5.75 Å². The molecule has 0 saturated carbocycles. The molecule has 0 radical (unpaired) electrons. The van der Waals surface area contributed by atoms with Gasteiger partial charge in [0.25, 0.3) is 0 Å². The van der Waals surface area contributed by atoms with E-state index in [1.165, 1.54) is 0 Å². The van der Waals surface area contributed by atoms with Gasteiger partial charge in [0.2, 0.25) is 0 Å². The van der Waals surface area contributed by atoms with Gasteiger partial charge in [-0.1, -0.05) is 15.9 Å². The Labute approximate surface area is 115 Å². The summed E-state index contributed by atoms with van der Waals surface area (Å²) >= 11 is 3.46. The lowest BCUT2D eigenvalue weighted by Crippen LogP contribution is -2.03. The predicted molar refractivity (Wildman–Crippen MR) is 74.7 cm³/mol. The molecule has 0 aliphatic carbocycles. The maximum absolute atomic E-state index is 5.68. The Bertz CT molecular complexity index is 522. The molecule has 0 aliphatic heterocycles. The van der Waals surface area contributed by atoms with Gasteiger partial charge in [-0.15, -0.1) is 0 Å². The van der Waals surface area contributed by atoms with Gasteiger partial charge in [-0.05, 0) is 49.9 Å². The van der Waals surface area contributed by atoms with Crippen LogP contribution in [0.25, 0.3) is 0 Å². The van der Waals surface area contributed by atoms with Crippen molar-refractivity contribution in [2.24, 2.45) is 0 Å². The molecule has 0 fully saturated rings. The van der Waals surface area contributed by atoms with E-state index in [2.05, 4.69) is 21.2 Å². The summed E-state index contributed by atoms with van der Waals surface area (Å²) < 4.78 is 12.4. The minimum Gasteiger partial charge on any atom is -0.486 e. The average Bonchev–Trinajstić information content (AvgIpc) is 2.79. The molecule has 1 aromatic heterocycles. The van der Waals surface area contributed by atoms with Crippen molar-refractivity contribution >= 4 is 15.9 Å². The minimum absolute atomic E-state index is 0.449. The summed E-state index contributed by atoms with van der Waals surface area (Å²) in [5, 5.41) is 3.05. The summed E-state index contributed by atoms with van der Waals surface area (Å²) in [7, 11) is 1.89. The normalized spacial score (nSPS) is 10.6. The molecule has 0 bridgehead atoms. The van der Waals surface area contributed by atoms with E-state index in [1.807, 2.05) is 44.3 Å². The van der Waals surface area contributed by atoms with Crippen LogP contribution in [0.15, 0.2) is 39.2 Å².